The standard InChI is InChI=1S/C19H27N3O5/c1-13-9-14(10-19(25)27-13)21(2)8-7-20-17(23)11-22-15-5-3-4-6-16(15)26-12-18(22)24/h3-6,13-14,19,25H,7-12H2,1-2H3,(H,20,23)/t13-,14+,19-/m1/s1. The van der Waals surface area contributed by atoms with E-state index >= 15 is 0 Å². The van der Waals surface area contributed by atoms with E-state index in [0.717, 1.165) is 6.42 Å². The van der Waals surface area contributed by atoms with Gasteiger partial charge in [-0.3, -0.25) is 14.5 Å². The van der Waals surface area contributed by atoms with Crippen LogP contribution in [-0.4, -0.2) is 73.5 Å². The molecule has 0 saturated carbocycles. The normalized spacial score (nSPS) is 25.1. The maximum Gasteiger partial charge on any atom is 0.265 e. The second-order valence-electron chi connectivity index (χ2n) is 7.09. The monoisotopic (exact) mass is 377 g/mol. The number of nitrogens with zero attached hydrogens (tertiary/aromatic N) is 2. The number of aliphatic hydroxyl groups excluding tert-OH is 1. The summed E-state index contributed by atoms with van der Waals surface area (Å²) in [4.78, 5) is 28.0. The zero-order chi connectivity index (χ0) is 19.4. The van der Waals surface area contributed by atoms with Crippen molar-refractivity contribution in [2.45, 2.75) is 38.2 Å². The van der Waals surface area contributed by atoms with Crippen LogP contribution in [0.1, 0.15) is 19.8 Å². The topological polar surface area (TPSA) is 91.3 Å². The van der Waals surface area contributed by atoms with E-state index < -0.39 is 6.29 Å². The number of anilines is 1. The van der Waals surface area contributed by atoms with Gasteiger partial charge in [0.05, 0.1) is 11.8 Å². The first-order valence-corrected chi connectivity index (χ1v) is 9.26. The molecular weight excluding hydrogens is 350 g/mol. The zero-order valence-corrected chi connectivity index (χ0v) is 15.8. The summed E-state index contributed by atoms with van der Waals surface area (Å²) in [6.07, 6.45) is 0.695. The predicted molar refractivity (Wildman–Crippen MR) is 99.5 cm³/mol. The molecule has 0 aliphatic carbocycles. The van der Waals surface area contributed by atoms with Crippen molar-refractivity contribution in [2.24, 2.45) is 0 Å². The molecule has 148 valence electrons. The fraction of sp³-hybridized carbons (Fsp3) is 0.579. The number of carbonyl (C=O) groups excluding carboxylic acids is 2. The van der Waals surface area contributed by atoms with E-state index in [-0.39, 0.29) is 37.1 Å². The molecule has 0 bridgehead atoms. The number of nitrogens with one attached hydrogen (secondary N) is 1. The lowest BCUT2D eigenvalue weighted by Crippen LogP contribution is -2.48. The number of benzene rings is 1. The van der Waals surface area contributed by atoms with Gasteiger partial charge >= 0.3 is 0 Å². The highest BCUT2D eigenvalue weighted by atomic mass is 16.6. The van der Waals surface area contributed by atoms with E-state index in [1.807, 2.05) is 26.1 Å². The van der Waals surface area contributed by atoms with Crippen LogP contribution in [0.4, 0.5) is 5.69 Å². The second-order valence-corrected chi connectivity index (χ2v) is 7.09. The second kappa shape index (κ2) is 8.69. The van der Waals surface area contributed by atoms with Crippen molar-refractivity contribution in [3.63, 3.8) is 0 Å². The van der Waals surface area contributed by atoms with Gasteiger partial charge < -0.3 is 24.8 Å². The van der Waals surface area contributed by atoms with E-state index in [1.165, 1.54) is 4.90 Å². The molecule has 2 N–H and O–H groups in total. The quantitative estimate of drug-likeness (QED) is 0.743. The van der Waals surface area contributed by atoms with Gasteiger partial charge in [0.25, 0.3) is 5.91 Å². The van der Waals surface area contributed by atoms with Crippen molar-refractivity contribution in [3.8, 4) is 5.75 Å². The minimum Gasteiger partial charge on any atom is -0.482 e. The van der Waals surface area contributed by atoms with Crippen LogP contribution in [0.25, 0.3) is 0 Å². The molecule has 0 spiro atoms. The number of aliphatic hydroxyl groups is 1. The van der Waals surface area contributed by atoms with Gasteiger partial charge in [0.2, 0.25) is 5.91 Å². The Morgan fingerprint density at radius 3 is 2.93 bits per heavy atom. The number of fused-ring (bicyclic) bond motifs is 1. The summed E-state index contributed by atoms with van der Waals surface area (Å²) in [5.41, 5.74) is 0.617. The SMILES string of the molecule is C[C@@H]1C[C@H](N(C)CCNC(=O)CN2C(=O)COc3ccccc32)C[C@H](O)O1. The molecule has 3 atom stereocenters. The molecule has 8 heteroatoms. The third-order valence-electron chi connectivity index (χ3n) is 4.99. The first-order chi connectivity index (χ1) is 12.9. The van der Waals surface area contributed by atoms with Gasteiger partial charge in [-0.05, 0) is 32.5 Å². The highest BCUT2D eigenvalue weighted by Crippen LogP contribution is 2.31. The Kier molecular flexibility index (Phi) is 6.30. The number of ether oxygens (including phenoxy) is 2. The molecular formula is C19H27N3O5. The van der Waals surface area contributed by atoms with Crippen molar-refractivity contribution in [2.75, 3.05) is 38.2 Å². The average Bonchev–Trinajstić information content (AvgIpc) is 2.63. The Morgan fingerprint density at radius 1 is 1.37 bits per heavy atom. The molecule has 0 radical (unpaired) electrons. The van der Waals surface area contributed by atoms with Crippen LogP contribution in [0.3, 0.4) is 0 Å². The molecule has 1 aromatic carbocycles. The summed E-state index contributed by atoms with van der Waals surface area (Å²) >= 11 is 0. The number of amides is 2. The predicted octanol–water partition coefficient (Wildman–Crippen LogP) is 0.346. The van der Waals surface area contributed by atoms with Crippen LogP contribution < -0.4 is 15.0 Å². The lowest BCUT2D eigenvalue weighted by atomic mass is 10.0. The summed E-state index contributed by atoms with van der Waals surface area (Å²) in [5, 5.41) is 12.6. The third-order valence-corrected chi connectivity index (χ3v) is 4.99. The molecule has 1 saturated heterocycles. The summed E-state index contributed by atoms with van der Waals surface area (Å²) in [6, 6.07) is 7.41. The molecule has 2 aliphatic heterocycles. The van der Waals surface area contributed by atoms with Crippen LogP contribution in [0.2, 0.25) is 0 Å². The van der Waals surface area contributed by atoms with Crippen molar-refractivity contribution in [1.29, 1.82) is 0 Å². The number of hydrogen-bond acceptors (Lipinski definition) is 6. The average molecular weight is 377 g/mol. The van der Waals surface area contributed by atoms with Crippen molar-refractivity contribution in [1.82, 2.24) is 10.2 Å². The molecule has 2 amide bonds. The third kappa shape index (κ3) is 4.97. The maximum absolute atomic E-state index is 12.3. The van der Waals surface area contributed by atoms with Gasteiger partial charge in [-0.15, -0.1) is 0 Å². The Labute approximate surface area is 159 Å². The van der Waals surface area contributed by atoms with Gasteiger partial charge in [0.1, 0.15) is 12.3 Å². The fourth-order valence-electron chi connectivity index (χ4n) is 3.53. The lowest BCUT2D eigenvalue weighted by Gasteiger charge is -2.36. The van der Waals surface area contributed by atoms with E-state index in [2.05, 4.69) is 10.2 Å². The minimum atomic E-state index is -0.733. The molecule has 3 rings (SSSR count). The van der Waals surface area contributed by atoms with Crippen molar-refractivity contribution in [3.05, 3.63) is 24.3 Å². The van der Waals surface area contributed by atoms with Crippen molar-refractivity contribution >= 4 is 17.5 Å². The molecule has 8 nitrogen and oxygen atoms in total. The zero-order valence-electron chi connectivity index (χ0n) is 15.8. The van der Waals surface area contributed by atoms with Crippen LogP contribution in [0.5, 0.6) is 5.75 Å². The number of carbonyl (C=O) groups is 2. The van der Waals surface area contributed by atoms with E-state index in [4.69, 9.17) is 9.47 Å². The number of hydrogen-bond donors (Lipinski definition) is 2. The van der Waals surface area contributed by atoms with Gasteiger partial charge in [0, 0.05) is 25.6 Å². The van der Waals surface area contributed by atoms with Gasteiger partial charge in [0.15, 0.2) is 12.9 Å². The molecule has 2 heterocycles. The first kappa shape index (κ1) is 19.6. The highest BCUT2D eigenvalue weighted by Gasteiger charge is 2.29. The van der Waals surface area contributed by atoms with Crippen LogP contribution in [0, 0.1) is 0 Å². The lowest BCUT2D eigenvalue weighted by molar-refractivity contribution is -0.173. The molecule has 2 aliphatic rings. The highest BCUT2D eigenvalue weighted by molar-refractivity contribution is 6.02. The fourth-order valence-corrected chi connectivity index (χ4v) is 3.53. The Balaban J connectivity index is 1.47. The van der Waals surface area contributed by atoms with Gasteiger partial charge in [-0.2, -0.15) is 0 Å². The molecule has 0 unspecified atom stereocenters. The minimum absolute atomic E-state index is 0.0168. The van der Waals surface area contributed by atoms with Gasteiger partial charge in [-0.25, -0.2) is 0 Å². The summed E-state index contributed by atoms with van der Waals surface area (Å²) < 4.78 is 10.7. The first-order valence-electron chi connectivity index (χ1n) is 9.26. The number of para-hydroxylation sites is 2. The Hall–Kier alpha value is -2.16. The molecule has 27 heavy (non-hydrogen) atoms. The summed E-state index contributed by atoms with van der Waals surface area (Å²) in [6.45, 7) is 2.98. The Bertz CT molecular complexity index is 673. The molecule has 1 aromatic rings. The summed E-state index contributed by atoms with van der Waals surface area (Å²) in [5.74, 6) is 0.164. The van der Waals surface area contributed by atoms with E-state index in [0.29, 0.717) is 30.9 Å². The number of likely N-dealkylation sites (N-methyl/N-ethyl adjacent to an activating group) is 1. The van der Waals surface area contributed by atoms with E-state index in [9.17, 15) is 14.7 Å². The number of rotatable bonds is 6. The van der Waals surface area contributed by atoms with Gasteiger partial charge in [-0.1, -0.05) is 12.1 Å². The maximum atomic E-state index is 12.3. The van der Waals surface area contributed by atoms with E-state index in [1.54, 1.807) is 12.1 Å². The Morgan fingerprint density at radius 2 is 2.15 bits per heavy atom. The van der Waals surface area contributed by atoms with Crippen LogP contribution in [-0.2, 0) is 14.3 Å². The smallest absolute Gasteiger partial charge is 0.265 e. The molecule has 1 fully saturated rings. The molecule has 0 aromatic heterocycles. The van der Waals surface area contributed by atoms with Crippen LogP contribution in [0.15, 0.2) is 24.3 Å². The summed E-state index contributed by atoms with van der Waals surface area (Å²) in [7, 11) is 1.98. The van der Waals surface area contributed by atoms with Crippen LogP contribution >= 0.6 is 0 Å². The van der Waals surface area contributed by atoms with Crippen molar-refractivity contribution < 1.29 is 24.2 Å². The largest absolute Gasteiger partial charge is 0.482 e.